The van der Waals surface area contributed by atoms with Crippen molar-refractivity contribution >= 4 is 29.6 Å². The molecule has 13 heteroatoms. The van der Waals surface area contributed by atoms with Crippen LogP contribution in [0.3, 0.4) is 0 Å². The van der Waals surface area contributed by atoms with Crippen LogP contribution in [-0.4, -0.2) is 76.6 Å². The number of rotatable bonds is 16. The summed E-state index contributed by atoms with van der Waals surface area (Å²) >= 11 is 0. The number of nitrogens with two attached hydrogens (primary N) is 3. The molecule has 0 aliphatic carbocycles. The molecule has 0 spiro atoms. The van der Waals surface area contributed by atoms with E-state index >= 15 is 0 Å². The van der Waals surface area contributed by atoms with Crippen LogP contribution in [0.25, 0.3) is 0 Å². The fraction of sp³-hybridized carbons (Fsp3) is 0.522. The van der Waals surface area contributed by atoms with E-state index in [0.29, 0.717) is 19.4 Å². The summed E-state index contributed by atoms with van der Waals surface area (Å²) in [5, 5.41) is 26.3. The Balaban J connectivity index is 2.90. The molecule has 0 radical (unpaired) electrons. The van der Waals surface area contributed by atoms with Gasteiger partial charge in [-0.2, -0.15) is 0 Å². The Hall–Kier alpha value is -3.55. The topological polar surface area (TPSA) is 240 Å². The maximum absolute atomic E-state index is 12.8. The highest BCUT2D eigenvalue weighted by Gasteiger charge is 2.33. The van der Waals surface area contributed by atoms with Crippen LogP contribution in [-0.2, 0) is 30.4 Å². The highest BCUT2D eigenvalue weighted by atomic mass is 16.4. The van der Waals surface area contributed by atoms with E-state index in [2.05, 4.69) is 16.0 Å². The second-order valence-corrected chi connectivity index (χ2v) is 8.44. The minimum atomic E-state index is -1.54. The lowest BCUT2D eigenvalue weighted by atomic mass is 10.0. The molecule has 1 aromatic rings. The molecule has 1 rings (SSSR count). The van der Waals surface area contributed by atoms with Crippen molar-refractivity contribution in [2.24, 2.45) is 17.2 Å². The number of carbonyl (C=O) groups excluding carboxylic acids is 4. The molecule has 1 aromatic carbocycles. The number of unbranched alkanes of at least 4 members (excludes halogenated alkanes) is 1. The molecule has 4 amide bonds. The number of hydrogen-bond acceptors (Lipinski definition) is 8. The number of aliphatic hydroxyl groups is 1. The highest BCUT2D eigenvalue weighted by Crippen LogP contribution is 2.05. The fourth-order valence-corrected chi connectivity index (χ4v) is 3.32. The van der Waals surface area contributed by atoms with Gasteiger partial charge in [0.05, 0.1) is 18.6 Å². The molecule has 0 bridgehead atoms. The van der Waals surface area contributed by atoms with Crippen molar-refractivity contribution < 1.29 is 34.2 Å². The lowest BCUT2D eigenvalue weighted by Gasteiger charge is -2.26. The number of amides is 4. The summed E-state index contributed by atoms with van der Waals surface area (Å²) in [5.41, 5.74) is 17.3. The summed E-state index contributed by atoms with van der Waals surface area (Å²) < 4.78 is 0. The maximum atomic E-state index is 12.8. The Bertz CT molecular complexity index is 896. The number of primary amides is 1. The minimum Gasteiger partial charge on any atom is -0.480 e. The van der Waals surface area contributed by atoms with Gasteiger partial charge in [0, 0.05) is 0 Å². The third kappa shape index (κ3) is 10.8. The standard InChI is InChI=1S/C23H36N6O7/c1-13(30)19(29-20(32)15(25)11-14-7-3-2-4-8-14)22(34)28-17(12-18(26)31)21(33)27-16(23(35)36)9-5-6-10-24/h2-4,7-8,13,15-17,19,30H,5-6,9-12,24-25H2,1H3,(H2,26,31)(H,27,33)(H,28,34)(H,29,32)(H,35,36). The van der Waals surface area contributed by atoms with E-state index in [4.69, 9.17) is 17.2 Å². The molecule has 5 atom stereocenters. The van der Waals surface area contributed by atoms with E-state index in [0.717, 1.165) is 5.56 Å². The van der Waals surface area contributed by atoms with Gasteiger partial charge in [0.2, 0.25) is 23.6 Å². The first kappa shape index (κ1) is 30.5. The van der Waals surface area contributed by atoms with Gasteiger partial charge >= 0.3 is 5.97 Å². The number of aliphatic carboxylic acids is 1. The second kappa shape index (κ2) is 15.4. The van der Waals surface area contributed by atoms with Crippen LogP contribution >= 0.6 is 0 Å². The van der Waals surface area contributed by atoms with Crippen molar-refractivity contribution in [3.63, 3.8) is 0 Å². The third-order valence-electron chi connectivity index (χ3n) is 5.30. The molecular weight excluding hydrogens is 472 g/mol. The molecule has 11 N–H and O–H groups in total. The van der Waals surface area contributed by atoms with Gasteiger partial charge in [-0.3, -0.25) is 19.2 Å². The highest BCUT2D eigenvalue weighted by molar-refractivity contribution is 5.96. The van der Waals surface area contributed by atoms with Crippen molar-refractivity contribution in [1.82, 2.24) is 16.0 Å². The van der Waals surface area contributed by atoms with E-state index in [9.17, 15) is 34.2 Å². The first-order valence-electron chi connectivity index (χ1n) is 11.6. The summed E-state index contributed by atoms with van der Waals surface area (Å²) in [6, 6.07) is 3.56. The van der Waals surface area contributed by atoms with Crippen LogP contribution in [0, 0.1) is 0 Å². The second-order valence-electron chi connectivity index (χ2n) is 8.44. The average molecular weight is 509 g/mol. The normalized spacial score (nSPS) is 15.0. The number of benzene rings is 1. The Morgan fingerprint density at radius 2 is 1.53 bits per heavy atom. The molecule has 0 aliphatic rings. The number of nitrogens with one attached hydrogen (secondary N) is 3. The molecule has 0 saturated carbocycles. The smallest absolute Gasteiger partial charge is 0.326 e. The Kier molecular flexibility index (Phi) is 13.1. The van der Waals surface area contributed by atoms with E-state index in [1.165, 1.54) is 6.92 Å². The molecule has 0 aliphatic heterocycles. The lowest BCUT2D eigenvalue weighted by Crippen LogP contribution is -2.60. The molecule has 0 fully saturated rings. The van der Waals surface area contributed by atoms with Crippen molar-refractivity contribution in [3.8, 4) is 0 Å². The Morgan fingerprint density at radius 1 is 0.917 bits per heavy atom. The molecule has 5 unspecified atom stereocenters. The number of aliphatic hydroxyl groups excluding tert-OH is 1. The monoisotopic (exact) mass is 508 g/mol. The zero-order chi connectivity index (χ0) is 27.3. The summed E-state index contributed by atoms with van der Waals surface area (Å²) in [6.07, 6.45) is -0.794. The van der Waals surface area contributed by atoms with Crippen molar-refractivity contribution in [2.45, 2.75) is 69.3 Å². The predicted molar refractivity (Wildman–Crippen MR) is 130 cm³/mol. The Labute approximate surface area is 209 Å². The average Bonchev–Trinajstić information content (AvgIpc) is 2.81. The summed E-state index contributed by atoms with van der Waals surface area (Å²) in [4.78, 5) is 61.1. The van der Waals surface area contributed by atoms with Crippen LogP contribution < -0.4 is 33.2 Å². The molecular formula is C23H36N6O7. The summed E-state index contributed by atoms with van der Waals surface area (Å²) in [6.45, 7) is 1.59. The SMILES string of the molecule is CC(O)C(NC(=O)C(N)Cc1ccccc1)C(=O)NC(CC(N)=O)C(=O)NC(CCCCN)C(=O)O. The zero-order valence-electron chi connectivity index (χ0n) is 20.2. The van der Waals surface area contributed by atoms with Gasteiger partial charge < -0.3 is 43.4 Å². The Morgan fingerprint density at radius 3 is 2.06 bits per heavy atom. The molecule has 200 valence electrons. The van der Waals surface area contributed by atoms with Gasteiger partial charge in [-0.05, 0) is 44.7 Å². The van der Waals surface area contributed by atoms with E-state index < -0.39 is 66.3 Å². The molecule has 0 saturated heterocycles. The molecule has 0 heterocycles. The molecule has 36 heavy (non-hydrogen) atoms. The first-order valence-corrected chi connectivity index (χ1v) is 11.6. The summed E-state index contributed by atoms with van der Waals surface area (Å²) in [7, 11) is 0. The van der Waals surface area contributed by atoms with E-state index in [-0.39, 0.29) is 12.8 Å². The van der Waals surface area contributed by atoms with Gasteiger partial charge in [-0.25, -0.2) is 4.79 Å². The van der Waals surface area contributed by atoms with Crippen molar-refractivity contribution in [1.29, 1.82) is 0 Å². The van der Waals surface area contributed by atoms with E-state index in [1.54, 1.807) is 30.3 Å². The van der Waals surface area contributed by atoms with Crippen molar-refractivity contribution in [3.05, 3.63) is 35.9 Å². The summed E-state index contributed by atoms with van der Waals surface area (Å²) in [5.74, 6) is -4.90. The third-order valence-corrected chi connectivity index (χ3v) is 5.30. The van der Waals surface area contributed by atoms with Crippen LogP contribution in [0.5, 0.6) is 0 Å². The van der Waals surface area contributed by atoms with Crippen LogP contribution in [0.2, 0.25) is 0 Å². The van der Waals surface area contributed by atoms with Crippen LogP contribution in [0.15, 0.2) is 30.3 Å². The van der Waals surface area contributed by atoms with Crippen molar-refractivity contribution in [2.75, 3.05) is 6.54 Å². The fourth-order valence-electron chi connectivity index (χ4n) is 3.32. The molecule has 13 nitrogen and oxygen atoms in total. The lowest BCUT2D eigenvalue weighted by molar-refractivity contribution is -0.142. The largest absolute Gasteiger partial charge is 0.480 e. The van der Waals surface area contributed by atoms with Gasteiger partial charge in [0.25, 0.3) is 0 Å². The number of hydrogen-bond donors (Lipinski definition) is 8. The van der Waals surface area contributed by atoms with E-state index in [1.807, 2.05) is 0 Å². The predicted octanol–water partition coefficient (Wildman–Crippen LogP) is -2.52. The molecule has 0 aromatic heterocycles. The van der Waals surface area contributed by atoms with Crippen LogP contribution in [0.1, 0.15) is 38.2 Å². The minimum absolute atomic E-state index is 0.0845. The first-order chi connectivity index (χ1) is 17.0. The van der Waals surface area contributed by atoms with Gasteiger partial charge in [-0.15, -0.1) is 0 Å². The maximum Gasteiger partial charge on any atom is 0.326 e. The van der Waals surface area contributed by atoms with Gasteiger partial charge in [0.1, 0.15) is 18.1 Å². The number of carboxylic acid groups (broad SMARTS) is 1. The zero-order valence-corrected chi connectivity index (χ0v) is 20.2. The number of carboxylic acids is 1. The van der Waals surface area contributed by atoms with Gasteiger partial charge in [0.15, 0.2) is 0 Å². The van der Waals surface area contributed by atoms with Gasteiger partial charge in [-0.1, -0.05) is 30.3 Å². The van der Waals surface area contributed by atoms with Crippen LogP contribution in [0.4, 0.5) is 0 Å². The quantitative estimate of drug-likeness (QED) is 0.110. The number of carbonyl (C=O) groups is 5.